The molecule has 1 aromatic heterocycles. The summed E-state index contributed by atoms with van der Waals surface area (Å²) in [5.74, 6) is -7.25. The zero-order chi connectivity index (χ0) is 13.3. The number of halogens is 3. The summed E-state index contributed by atoms with van der Waals surface area (Å²) in [5, 5.41) is 17.0. The van der Waals surface area contributed by atoms with E-state index in [9.17, 15) is 18.0 Å². The molecule has 5 nitrogen and oxygen atoms in total. The second-order valence-electron chi connectivity index (χ2n) is 3.31. The molecule has 18 heavy (non-hydrogen) atoms. The van der Waals surface area contributed by atoms with Crippen molar-refractivity contribution in [3.8, 4) is 5.75 Å². The van der Waals surface area contributed by atoms with Crippen LogP contribution < -0.4 is 5.32 Å². The summed E-state index contributed by atoms with van der Waals surface area (Å²) in [6.07, 6.45) is 1.33. The minimum atomic E-state index is -1.74. The third-order valence-corrected chi connectivity index (χ3v) is 2.13. The highest BCUT2D eigenvalue weighted by molar-refractivity contribution is 6.04. The molecule has 0 radical (unpaired) electrons. The average molecular weight is 257 g/mol. The number of aromatic hydroxyl groups is 1. The molecular weight excluding hydrogens is 251 g/mol. The number of hydrogen-bond acceptors (Lipinski definition) is 3. The topological polar surface area (TPSA) is 78.0 Å². The number of nitrogens with zero attached hydrogens (tertiary/aromatic N) is 1. The highest BCUT2D eigenvalue weighted by Crippen LogP contribution is 2.26. The van der Waals surface area contributed by atoms with Gasteiger partial charge in [-0.05, 0) is 6.07 Å². The fourth-order valence-electron chi connectivity index (χ4n) is 1.27. The second-order valence-corrected chi connectivity index (χ2v) is 3.31. The fourth-order valence-corrected chi connectivity index (χ4v) is 1.27. The van der Waals surface area contributed by atoms with Crippen LogP contribution in [-0.4, -0.2) is 21.2 Å². The zero-order valence-electron chi connectivity index (χ0n) is 8.67. The van der Waals surface area contributed by atoms with Gasteiger partial charge < -0.3 is 10.4 Å². The fraction of sp³-hybridized carbons (Fsp3) is 0. The standard InChI is InChI=1S/C10H6F3N3O2/c11-5-3-4(7(12)9(17)8(5)13)10(18)15-6-1-2-14-16-6/h1-3,17H,(H2,14,15,16,18). The normalized spacial score (nSPS) is 10.4. The van der Waals surface area contributed by atoms with Gasteiger partial charge in [0, 0.05) is 6.07 Å². The van der Waals surface area contributed by atoms with Crippen molar-refractivity contribution < 1.29 is 23.1 Å². The van der Waals surface area contributed by atoms with Crippen LogP contribution in [0.5, 0.6) is 5.75 Å². The second kappa shape index (κ2) is 4.40. The summed E-state index contributed by atoms with van der Waals surface area (Å²) in [6.45, 7) is 0. The number of carbonyl (C=O) groups excluding carboxylic acids is 1. The van der Waals surface area contributed by atoms with Gasteiger partial charge in [0.2, 0.25) is 5.82 Å². The van der Waals surface area contributed by atoms with Crippen LogP contribution in [0.4, 0.5) is 19.0 Å². The Hall–Kier alpha value is -2.51. The van der Waals surface area contributed by atoms with Crippen LogP contribution in [0.15, 0.2) is 18.3 Å². The van der Waals surface area contributed by atoms with E-state index >= 15 is 0 Å². The number of aromatic nitrogens is 2. The number of carbonyl (C=O) groups is 1. The largest absolute Gasteiger partial charge is 0.503 e. The molecular formula is C10H6F3N3O2. The molecule has 0 saturated carbocycles. The smallest absolute Gasteiger partial charge is 0.260 e. The number of aromatic amines is 1. The molecule has 94 valence electrons. The van der Waals surface area contributed by atoms with Crippen molar-refractivity contribution in [1.82, 2.24) is 10.2 Å². The van der Waals surface area contributed by atoms with Crippen molar-refractivity contribution in [2.75, 3.05) is 5.32 Å². The lowest BCUT2D eigenvalue weighted by Gasteiger charge is -2.06. The molecule has 0 fully saturated rings. The Labute approximate surface area is 98.3 Å². The Balaban J connectivity index is 2.36. The van der Waals surface area contributed by atoms with Crippen LogP contribution in [0.3, 0.4) is 0 Å². The molecule has 8 heteroatoms. The molecule has 1 aromatic carbocycles. The Bertz CT molecular complexity index is 599. The highest BCUT2D eigenvalue weighted by atomic mass is 19.2. The van der Waals surface area contributed by atoms with Crippen LogP contribution in [0.25, 0.3) is 0 Å². The van der Waals surface area contributed by atoms with Crippen molar-refractivity contribution in [1.29, 1.82) is 0 Å². The van der Waals surface area contributed by atoms with Gasteiger partial charge in [0.05, 0.1) is 11.8 Å². The van der Waals surface area contributed by atoms with Gasteiger partial charge in [-0.3, -0.25) is 9.89 Å². The maximum absolute atomic E-state index is 13.4. The predicted octanol–water partition coefficient (Wildman–Crippen LogP) is 1.78. The number of rotatable bonds is 2. The predicted molar refractivity (Wildman–Crippen MR) is 54.5 cm³/mol. The summed E-state index contributed by atoms with van der Waals surface area (Å²) >= 11 is 0. The Morgan fingerprint density at radius 3 is 2.67 bits per heavy atom. The minimum Gasteiger partial charge on any atom is -0.503 e. The number of phenols is 1. The van der Waals surface area contributed by atoms with Crippen molar-refractivity contribution in [3.63, 3.8) is 0 Å². The molecule has 0 aliphatic carbocycles. The summed E-state index contributed by atoms with van der Waals surface area (Å²) in [6, 6.07) is 1.73. The first-order valence-electron chi connectivity index (χ1n) is 4.68. The average Bonchev–Trinajstić information content (AvgIpc) is 2.83. The number of hydrogen-bond donors (Lipinski definition) is 3. The van der Waals surface area contributed by atoms with Crippen LogP contribution in [0.2, 0.25) is 0 Å². The van der Waals surface area contributed by atoms with E-state index in [4.69, 9.17) is 5.11 Å². The van der Waals surface area contributed by atoms with E-state index in [0.717, 1.165) is 0 Å². The van der Waals surface area contributed by atoms with Crippen molar-refractivity contribution in [2.24, 2.45) is 0 Å². The summed E-state index contributed by atoms with van der Waals surface area (Å²) in [5.41, 5.74) is -0.819. The van der Waals surface area contributed by atoms with Gasteiger partial charge in [0.25, 0.3) is 5.91 Å². The summed E-state index contributed by atoms with van der Waals surface area (Å²) in [7, 11) is 0. The molecule has 1 heterocycles. The van der Waals surface area contributed by atoms with Crippen molar-refractivity contribution in [2.45, 2.75) is 0 Å². The van der Waals surface area contributed by atoms with Gasteiger partial charge in [-0.1, -0.05) is 0 Å². The van der Waals surface area contributed by atoms with E-state index in [1.54, 1.807) is 0 Å². The van der Waals surface area contributed by atoms with Gasteiger partial charge in [-0.25, -0.2) is 8.78 Å². The molecule has 0 bridgehead atoms. The monoisotopic (exact) mass is 257 g/mol. The lowest BCUT2D eigenvalue weighted by Crippen LogP contribution is -2.15. The third-order valence-electron chi connectivity index (χ3n) is 2.13. The Kier molecular flexibility index (Phi) is 2.92. The molecule has 0 saturated heterocycles. The van der Waals surface area contributed by atoms with E-state index in [0.29, 0.717) is 6.07 Å². The first-order chi connectivity index (χ1) is 8.50. The lowest BCUT2D eigenvalue weighted by molar-refractivity contribution is 0.102. The molecule has 3 N–H and O–H groups in total. The van der Waals surface area contributed by atoms with Gasteiger partial charge in [0.1, 0.15) is 5.82 Å². The molecule has 0 aliphatic rings. The minimum absolute atomic E-state index is 0.142. The maximum atomic E-state index is 13.4. The molecule has 0 unspecified atom stereocenters. The van der Waals surface area contributed by atoms with Crippen LogP contribution >= 0.6 is 0 Å². The van der Waals surface area contributed by atoms with Gasteiger partial charge >= 0.3 is 0 Å². The van der Waals surface area contributed by atoms with E-state index in [1.807, 2.05) is 0 Å². The first kappa shape index (κ1) is 12.0. The van der Waals surface area contributed by atoms with E-state index in [2.05, 4.69) is 15.5 Å². The molecule has 0 spiro atoms. The Morgan fingerprint density at radius 1 is 1.33 bits per heavy atom. The van der Waals surface area contributed by atoms with Gasteiger partial charge in [-0.15, -0.1) is 0 Å². The van der Waals surface area contributed by atoms with Crippen LogP contribution in [0.1, 0.15) is 10.4 Å². The number of benzene rings is 1. The maximum Gasteiger partial charge on any atom is 0.260 e. The van der Waals surface area contributed by atoms with E-state index < -0.39 is 34.7 Å². The number of H-pyrrole nitrogens is 1. The number of anilines is 1. The van der Waals surface area contributed by atoms with Crippen LogP contribution in [0, 0.1) is 17.5 Å². The van der Waals surface area contributed by atoms with E-state index in [-0.39, 0.29) is 5.82 Å². The lowest BCUT2D eigenvalue weighted by atomic mass is 10.1. The molecule has 2 rings (SSSR count). The van der Waals surface area contributed by atoms with Gasteiger partial charge in [-0.2, -0.15) is 9.49 Å². The SMILES string of the molecule is O=C(Nc1ccn[nH]1)c1cc(F)c(F)c(O)c1F. The molecule has 0 aliphatic heterocycles. The molecule has 1 amide bonds. The summed E-state index contributed by atoms with van der Waals surface area (Å²) in [4.78, 5) is 11.5. The van der Waals surface area contributed by atoms with Crippen molar-refractivity contribution >= 4 is 11.7 Å². The number of phenolic OH excluding ortho intramolecular Hbond substituents is 1. The number of amides is 1. The molecule has 0 atom stereocenters. The zero-order valence-corrected chi connectivity index (χ0v) is 8.67. The van der Waals surface area contributed by atoms with Gasteiger partial charge in [0.15, 0.2) is 17.4 Å². The molecule has 2 aromatic rings. The van der Waals surface area contributed by atoms with E-state index in [1.165, 1.54) is 12.3 Å². The Morgan fingerprint density at radius 2 is 2.06 bits per heavy atom. The number of nitrogens with one attached hydrogen (secondary N) is 2. The van der Waals surface area contributed by atoms with Crippen LogP contribution in [-0.2, 0) is 0 Å². The highest BCUT2D eigenvalue weighted by Gasteiger charge is 2.22. The van der Waals surface area contributed by atoms with Crippen molar-refractivity contribution in [3.05, 3.63) is 41.3 Å². The quantitative estimate of drug-likeness (QED) is 0.717. The first-order valence-corrected chi connectivity index (χ1v) is 4.68. The third kappa shape index (κ3) is 1.99. The summed E-state index contributed by atoms with van der Waals surface area (Å²) < 4.78 is 39.1.